The minimum absolute atomic E-state index is 0.128. The van der Waals surface area contributed by atoms with Crippen LogP contribution in [-0.2, 0) is 18.9 Å². The molecule has 9 heteroatoms. The van der Waals surface area contributed by atoms with E-state index in [0.717, 1.165) is 0 Å². The molecule has 2 aliphatic heterocycles. The van der Waals surface area contributed by atoms with E-state index < -0.39 is 55.6 Å². The number of methoxy groups -OCH3 is 1. The van der Waals surface area contributed by atoms with Gasteiger partial charge < -0.3 is 44.5 Å². The van der Waals surface area contributed by atoms with Gasteiger partial charge in [0.15, 0.2) is 6.29 Å². The minimum Gasteiger partial charge on any atom is -0.394 e. The highest BCUT2D eigenvalue weighted by Crippen LogP contribution is 2.25. The van der Waals surface area contributed by atoms with E-state index in [9.17, 15) is 25.5 Å². The molecule has 2 fully saturated rings. The topological polar surface area (TPSA) is 138 Å². The van der Waals surface area contributed by atoms with Crippen LogP contribution in [0.25, 0.3) is 0 Å². The first-order chi connectivity index (χ1) is 10.9. The summed E-state index contributed by atoms with van der Waals surface area (Å²) in [5.74, 6) is -0.190. The van der Waals surface area contributed by atoms with Crippen LogP contribution >= 0.6 is 0 Å². The molecule has 9 unspecified atom stereocenters. The Balaban J connectivity index is 1.93. The monoisotopic (exact) mass is 338 g/mol. The van der Waals surface area contributed by atoms with Crippen molar-refractivity contribution in [1.82, 2.24) is 0 Å². The molecule has 9 nitrogen and oxygen atoms in total. The molecule has 0 aromatic heterocycles. The fourth-order valence-electron chi connectivity index (χ4n) is 2.83. The zero-order chi connectivity index (χ0) is 17.1. The van der Waals surface area contributed by atoms with Crippen LogP contribution in [0, 0.1) is 5.92 Å². The lowest BCUT2D eigenvalue weighted by Crippen LogP contribution is -2.60. The number of aliphatic hydroxyl groups excluding tert-OH is 5. The van der Waals surface area contributed by atoms with E-state index in [-0.39, 0.29) is 19.1 Å². The summed E-state index contributed by atoms with van der Waals surface area (Å²) in [5.41, 5.74) is 0. The summed E-state index contributed by atoms with van der Waals surface area (Å²) < 4.78 is 21.2. The summed E-state index contributed by atoms with van der Waals surface area (Å²) in [6.45, 7) is 1.44. The van der Waals surface area contributed by atoms with E-state index in [0.29, 0.717) is 0 Å². The predicted octanol–water partition coefficient (Wildman–Crippen LogP) is -2.79. The van der Waals surface area contributed by atoms with Gasteiger partial charge in [-0.15, -0.1) is 0 Å². The van der Waals surface area contributed by atoms with Crippen LogP contribution < -0.4 is 0 Å². The molecule has 0 radical (unpaired) electrons. The van der Waals surface area contributed by atoms with Crippen LogP contribution in [0.2, 0.25) is 0 Å². The van der Waals surface area contributed by atoms with Crippen LogP contribution in [0.4, 0.5) is 0 Å². The standard InChI is InChI=1S/C14H26O9/c1-6-4-21-8(10(17)9(6)16)5-22-14-12(19)13(20-2)11(18)7(3-15)23-14/h6-19H,3-5H2,1-2H3. The van der Waals surface area contributed by atoms with Gasteiger partial charge in [-0.05, 0) is 0 Å². The smallest absolute Gasteiger partial charge is 0.186 e. The summed E-state index contributed by atoms with van der Waals surface area (Å²) in [7, 11) is 1.32. The Kier molecular flexibility index (Phi) is 6.72. The molecule has 0 amide bonds. The number of hydrogen-bond acceptors (Lipinski definition) is 9. The molecular formula is C14H26O9. The molecule has 0 bridgehead atoms. The van der Waals surface area contributed by atoms with Crippen LogP contribution in [0.3, 0.4) is 0 Å². The van der Waals surface area contributed by atoms with Crippen LogP contribution in [0.5, 0.6) is 0 Å². The van der Waals surface area contributed by atoms with E-state index in [1.54, 1.807) is 6.92 Å². The van der Waals surface area contributed by atoms with Crippen molar-refractivity contribution >= 4 is 0 Å². The van der Waals surface area contributed by atoms with Gasteiger partial charge in [-0.1, -0.05) is 6.92 Å². The van der Waals surface area contributed by atoms with Gasteiger partial charge in [0.05, 0.1) is 25.9 Å². The molecule has 2 saturated heterocycles. The van der Waals surface area contributed by atoms with Gasteiger partial charge in [-0.25, -0.2) is 0 Å². The third-order valence-corrected chi connectivity index (χ3v) is 4.41. The Morgan fingerprint density at radius 1 is 1.00 bits per heavy atom. The van der Waals surface area contributed by atoms with Gasteiger partial charge in [0.1, 0.15) is 36.6 Å². The maximum absolute atomic E-state index is 10.1. The van der Waals surface area contributed by atoms with Gasteiger partial charge in [-0.2, -0.15) is 0 Å². The molecule has 2 heterocycles. The van der Waals surface area contributed by atoms with Crippen molar-refractivity contribution in [2.24, 2.45) is 5.92 Å². The Morgan fingerprint density at radius 2 is 1.70 bits per heavy atom. The highest BCUT2D eigenvalue weighted by atomic mass is 16.7. The third-order valence-electron chi connectivity index (χ3n) is 4.41. The Bertz CT molecular complexity index is 368. The largest absolute Gasteiger partial charge is 0.394 e. The SMILES string of the molecule is COC1C(O)C(CO)OC(OCC2OCC(C)C(O)C2O)C1O. The maximum Gasteiger partial charge on any atom is 0.186 e. The zero-order valence-corrected chi connectivity index (χ0v) is 13.2. The van der Waals surface area contributed by atoms with Crippen LogP contribution in [0.1, 0.15) is 6.92 Å². The summed E-state index contributed by atoms with van der Waals surface area (Å²) in [6.07, 6.45) is -8.37. The molecule has 136 valence electrons. The first kappa shape index (κ1) is 19.0. The van der Waals surface area contributed by atoms with Gasteiger partial charge in [0.2, 0.25) is 0 Å². The average Bonchev–Trinajstić information content (AvgIpc) is 2.54. The molecule has 2 rings (SSSR count). The predicted molar refractivity (Wildman–Crippen MR) is 75.4 cm³/mol. The van der Waals surface area contributed by atoms with Crippen molar-refractivity contribution in [2.75, 3.05) is 26.9 Å². The quantitative estimate of drug-likeness (QED) is 0.360. The molecule has 0 saturated carbocycles. The molecule has 23 heavy (non-hydrogen) atoms. The lowest BCUT2D eigenvalue weighted by atomic mass is 9.94. The van der Waals surface area contributed by atoms with Crippen molar-refractivity contribution < 1.29 is 44.5 Å². The normalized spacial score (nSPS) is 48.4. The Labute approximate surface area is 134 Å². The molecular weight excluding hydrogens is 312 g/mol. The van der Waals surface area contributed by atoms with Crippen molar-refractivity contribution in [3.63, 3.8) is 0 Å². The molecule has 0 spiro atoms. The molecule has 0 aromatic carbocycles. The number of ether oxygens (including phenoxy) is 4. The van der Waals surface area contributed by atoms with E-state index in [4.69, 9.17) is 18.9 Å². The van der Waals surface area contributed by atoms with E-state index in [1.165, 1.54) is 7.11 Å². The van der Waals surface area contributed by atoms with Crippen molar-refractivity contribution in [3.8, 4) is 0 Å². The first-order valence-electron chi connectivity index (χ1n) is 7.65. The van der Waals surface area contributed by atoms with Gasteiger partial charge in [0.25, 0.3) is 0 Å². The van der Waals surface area contributed by atoms with E-state index in [1.807, 2.05) is 0 Å². The Hall–Kier alpha value is -0.360. The number of hydrogen-bond donors (Lipinski definition) is 5. The zero-order valence-electron chi connectivity index (χ0n) is 13.2. The third kappa shape index (κ3) is 4.01. The lowest BCUT2D eigenvalue weighted by molar-refractivity contribution is -0.313. The van der Waals surface area contributed by atoms with Crippen molar-refractivity contribution in [1.29, 1.82) is 0 Å². The molecule has 0 aliphatic carbocycles. The second kappa shape index (κ2) is 8.15. The summed E-state index contributed by atoms with van der Waals surface area (Å²) in [6, 6.07) is 0. The molecule has 0 aromatic rings. The minimum atomic E-state index is -1.28. The van der Waals surface area contributed by atoms with Crippen LogP contribution in [-0.4, -0.2) is 101 Å². The fraction of sp³-hybridized carbons (Fsp3) is 1.00. The lowest BCUT2D eigenvalue weighted by Gasteiger charge is -2.42. The summed E-state index contributed by atoms with van der Waals surface area (Å²) >= 11 is 0. The maximum atomic E-state index is 10.1. The van der Waals surface area contributed by atoms with Crippen molar-refractivity contribution in [2.45, 2.75) is 55.9 Å². The van der Waals surface area contributed by atoms with E-state index >= 15 is 0 Å². The number of rotatable bonds is 5. The highest BCUT2D eigenvalue weighted by molar-refractivity contribution is 4.91. The first-order valence-corrected chi connectivity index (χ1v) is 7.65. The summed E-state index contributed by atoms with van der Waals surface area (Å²) in [4.78, 5) is 0. The second-order valence-electron chi connectivity index (χ2n) is 6.07. The highest BCUT2D eigenvalue weighted by Gasteiger charge is 2.46. The van der Waals surface area contributed by atoms with Crippen LogP contribution in [0.15, 0.2) is 0 Å². The summed E-state index contributed by atoms with van der Waals surface area (Å²) in [5, 5.41) is 49.1. The number of aliphatic hydroxyl groups is 5. The van der Waals surface area contributed by atoms with E-state index in [2.05, 4.69) is 0 Å². The molecule has 9 atom stereocenters. The average molecular weight is 338 g/mol. The molecule has 2 aliphatic rings. The van der Waals surface area contributed by atoms with Gasteiger partial charge in [0, 0.05) is 13.0 Å². The molecule has 5 N–H and O–H groups in total. The Morgan fingerprint density at radius 3 is 2.30 bits per heavy atom. The van der Waals surface area contributed by atoms with Crippen molar-refractivity contribution in [3.05, 3.63) is 0 Å². The van der Waals surface area contributed by atoms with Gasteiger partial charge >= 0.3 is 0 Å². The van der Waals surface area contributed by atoms with Gasteiger partial charge in [-0.3, -0.25) is 0 Å². The second-order valence-corrected chi connectivity index (χ2v) is 6.07. The fourth-order valence-corrected chi connectivity index (χ4v) is 2.83.